The fourth-order valence-corrected chi connectivity index (χ4v) is 2.89. The van der Waals surface area contributed by atoms with E-state index < -0.39 is 0 Å². The first-order valence-corrected chi connectivity index (χ1v) is 7.35. The number of piperidine rings is 1. The molecule has 1 aromatic carbocycles. The highest BCUT2D eigenvalue weighted by molar-refractivity contribution is 5.29. The second kappa shape index (κ2) is 6.21. The highest BCUT2D eigenvalue weighted by atomic mass is 15.2. The molecule has 0 aromatic heterocycles. The molecule has 2 rings (SSSR count). The molecule has 0 amide bonds. The predicted octanol–water partition coefficient (Wildman–Crippen LogP) is 4.11. The molecular formula is C17H24N2. The van der Waals surface area contributed by atoms with Gasteiger partial charge in [-0.1, -0.05) is 45.0 Å². The van der Waals surface area contributed by atoms with Crippen LogP contribution in [0.15, 0.2) is 24.3 Å². The molecule has 1 aromatic rings. The van der Waals surface area contributed by atoms with Gasteiger partial charge in [0.05, 0.1) is 6.07 Å². The van der Waals surface area contributed by atoms with Crippen LogP contribution in [-0.4, -0.2) is 18.0 Å². The number of hydrogen-bond acceptors (Lipinski definition) is 2. The van der Waals surface area contributed by atoms with Gasteiger partial charge in [-0.2, -0.15) is 5.26 Å². The first kappa shape index (κ1) is 14.1. The molecule has 1 saturated heterocycles. The lowest BCUT2D eigenvalue weighted by Gasteiger charge is -2.34. The van der Waals surface area contributed by atoms with Crippen molar-refractivity contribution < 1.29 is 0 Å². The average Bonchev–Trinajstić information content (AvgIpc) is 2.40. The van der Waals surface area contributed by atoms with E-state index in [9.17, 15) is 5.26 Å². The van der Waals surface area contributed by atoms with Crippen LogP contribution in [0.2, 0.25) is 0 Å². The lowest BCUT2D eigenvalue weighted by Crippen LogP contribution is -2.36. The maximum absolute atomic E-state index is 9.50. The van der Waals surface area contributed by atoms with Crippen molar-refractivity contribution in [3.8, 4) is 6.07 Å². The normalized spacial score (nSPS) is 22.2. The van der Waals surface area contributed by atoms with Crippen LogP contribution in [-0.2, 0) is 0 Å². The Labute approximate surface area is 117 Å². The SMILES string of the molecule is CC1CCCN(C(C#N)c2ccc(C(C)C)cc2)C1. The Morgan fingerprint density at radius 1 is 1.21 bits per heavy atom. The molecule has 0 aliphatic carbocycles. The number of benzene rings is 1. The van der Waals surface area contributed by atoms with Crippen LogP contribution in [0.1, 0.15) is 56.7 Å². The Kier molecular flexibility index (Phi) is 4.61. The molecule has 0 radical (unpaired) electrons. The van der Waals surface area contributed by atoms with Crippen molar-refractivity contribution in [3.63, 3.8) is 0 Å². The van der Waals surface area contributed by atoms with Gasteiger partial charge < -0.3 is 0 Å². The fourth-order valence-electron chi connectivity index (χ4n) is 2.89. The molecule has 102 valence electrons. The number of nitrogens with zero attached hydrogens (tertiary/aromatic N) is 2. The summed E-state index contributed by atoms with van der Waals surface area (Å²) in [5, 5.41) is 9.50. The summed E-state index contributed by atoms with van der Waals surface area (Å²) >= 11 is 0. The Morgan fingerprint density at radius 2 is 1.84 bits per heavy atom. The topological polar surface area (TPSA) is 27.0 Å². The largest absolute Gasteiger partial charge is 0.284 e. The zero-order valence-corrected chi connectivity index (χ0v) is 12.3. The van der Waals surface area contributed by atoms with Gasteiger partial charge in [0.1, 0.15) is 6.04 Å². The quantitative estimate of drug-likeness (QED) is 0.814. The van der Waals surface area contributed by atoms with E-state index in [1.54, 1.807) is 0 Å². The van der Waals surface area contributed by atoms with E-state index in [4.69, 9.17) is 0 Å². The second-order valence-electron chi connectivity index (χ2n) is 6.10. The number of rotatable bonds is 3. The summed E-state index contributed by atoms with van der Waals surface area (Å²) < 4.78 is 0. The molecule has 0 bridgehead atoms. The average molecular weight is 256 g/mol. The van der Waals surface area contributed by atoms with Crippen LogP contribution in [0.3, 0.4) is 0 Å². The summed E-state index contributed by atoms with van der Waals surface area (Å²) in [6.45, 7) is 8.77. The third kappa shape index (κ3) is 3.36. The van der Waals surface area contributed by atoms with Crippen molar-refractivity contribution in [2.24, 2.45) is 5.92 Å². The van der Waals surface area contributed by atoms with E-state index in [-0.39, 0.29) is 6.04 Å². The predicted molar refractivity (Wildman–Crippen MR) is 78.9 cm³/mol. The Hall–Kier alpha value is -1.33. The highest BCUT2D eigenvalue weighted by Crippen LogP contribution is 2.27. The number of likely N-dealkylation sites (tertiary alicyclic amines) is 1. The molecule has 2 nitrogen and oxygen atoms in total. The van der Waals surface area contributed by atoms with E-state index in [1.165, 1.54) is 18.4 Å². The summed E-state index contributed by atoms with van der Waals surface area (Å²) in [5.41, 5.74) is 2.48. The van der Waals surface area contributed by atoms with Crippen LogP contribution in [0, 0.1) is 17.2 Å². The molecule has 0 spiro atoms. The van der Waals surface area contributed by atoms with Crippen molar-refractivity contribution >= 4 is 0 Å². The van der Waals surface area contributed by atoms with E-state index in [0.717, 1.165) is 18.7 Å². The van der Waals surface area contributed by atoms with Gasteiger partial charge in [0.25, 0.3) is 0 Å². The summed E-state index contributed by atoms with van der Waals surface area (Å²) in [7, 11) is 0. The van der Waals surface area contributed by atoms with Crippen LogP contribution in [0.25, 0.3) is 0 Å². The zero-order chi connectivity index (χ0) is 13.8. The Morgan fingerprint density at radius 3 is 2.37 bits per heavy atom. The smallest absolute Gasteiger partial charge is 0.123 e. The minimum Gasteiger partial charge on any atom is -0.284 e. The number of nitriles is 1. The lowest BCUT2D eigenvalue weighted by atomic mass is 9.95. The molecule has 2 atom stereocenters. The molecule has 1 aliphatic rings. The van der Waals surface area contributed by atoms with Crippen LogP contribution < -0.4 is 0 Å². The van der Waals surface area contributed by atoms with Gasteiger partial charge in [-0.3, -0.25) is 4.90 Å². The Balaban J connectivity index is 2.15. The molecule has 0 saturated carbocycles. The third-order valence-corrected chi connectivity index (χ3v) is 4.09. The van der Waals surface area contributed by atoms with Crippen LogP contribution >= 0.6 is 0 Å². The van der Waals surface area contributed by atoms with Gasteiger partial charge in [-0.15, -0.1) is 0 Å². The van der Waals surface area contributed by atoms with Crippen LogP contribution in [0.4, 0.5) is 0 Å². The Bertz CT molecular complexity index is 441. The van der Waals surface area contributed by atoms with Gasteiger partial charge in [0, 0.05) is 6.54 Å². The minimum absolute atomic E-state index is 0.0797. The molecule has 2 unspecified atom stereocenters. The van der Waals surface area contributed by atoms with Gasteiger partial charge >= 0.3 is 0 Å². The molecule has 2 heteroatoms. The molecule has 1 aliphatic heterocycles. The summed E-state index contributed by atoms with van der Waals surface area (Å²) in [5.74, 6) is 1.25. The van der Waals surface area contributed by atoms with Crippen molar-refractivity contribution in [1.29, 1.82) is 5.26 Å². The summed E-state index contributed by atoms with van der Waals surface area (Å²) in [6.07, 6.45) is 2.50. The van der Waals surface area contributed by atoms with Crippen molar-refractivity contribution in [1.82, 2.24) is 4.90 Å². The molecule has 19 heavy (non-hydrogen) atoms. The van der Waals surface area contributed by atoms with Gasteiger partial charge in [-0.25, -0.2) is 0 Å². The fraction of sp³-hybridized carbons (Fsp3) is 0.588. The first-order valence-electron chi connectivity index (χ1n) is 7.35. The van der Waals surface area contributed by atoms with E-state index in [2.05, 4.69) is 56.0 Å². The van der Waals surface area contributed by atoms with Crippen molar-refractivity contribution in [3.05, 3.63) is 35.4 Å². The van der Waals surface area contributed by atoms with Gasteiger partial charge in [0.2, 0.25) is 0 Å². The van der Waals surface area contributed by atoms with E-state index in [1.807, 2.05) is 0 Å². The second-order valence-corrected chi connectivity index (χ2v) is 6.10. The molecular weight excluding hydrogens is 232 g/mol. The molecule has 0 N–H and O–H groups in total. The van der Waals surface area contributed by atoms with Gasteiger partial charge in [0.15, 0.2) is 0 Å². The first-order chi connectivity index (χ1) is 9.11. The van der Waals surface area contributed by atoms with E-state index >= 15 is 0 Å². The maximum atomic E-state index is 9.50. The monoisotopic (exact) mass is 256 g/mol. The summed E-state index contributed by atoms with van der Waals surface area (Å²) in [4.78, 5) is 2.33. The zero-order valence-electron chi connectivity index (χ0n) is 12.3. The van der Waals surface area contributed by atoms with Crippen molar-refractivity contribution in [2.75, 3.05) is 13.1 Å². The molecule has 1 heterocycles. The van der Waals surface area contributed by atoms with Crippen LogP contribution in [0.5, 0.6) is 0 Å². The summed E-state index contributed by atoms with van der Waals surface area (Å²) in [6, 6.07) is 11.0. The number of hydrogen-bond donors (Lipinski definition) is 0. The van der Waals surface area contributed by atoms with Gasteiger partial charge in [-0.05, 0) is 42.3 Å². The molecule has 1 fully saturated rings. The van der Waals surface area contributed by atoms with E-state index in [0.29, 0.717) is 11.8 Å². The third-order valence-electron chi connectivity index (χ3n) is 4.09. The standard InChI is InChI=1S/C17H24N2/c1-13(2)15-6-8-16(9-7-15)17(11-18)19-10-4-5-14(3)12-19/h6-9,13-14,17H,4-5,10,12H2,1-3H3. The minimum atomic E-state index is -0.0797. The van der Waals surface area contributed by atoms with Crippen molar-refractivity contribution in [2.45, 2.75) is 45.6 Å². The lowest BCUT2D eigenvalue weighted by molar-refractivity contribution is 0.156. The maximum Gasteiger partial charge on any atom is 0.123 e. The highest BCUT2D eigenvalue weighted by Gasteiger charge is 2.24.